The van der Waals surface area contributed by atoms with E-state index >= 15 is 0 Å². The topological polar surface area (TPSA) is 41.6 Å². The van der Waals surface area contributed by atoms with Gasteiger partial charge in [-0.1, -0.05) is 12.1 Å². The Bertz CT molecular complexity index is 457. The Labute approximate surface area is 107 Å². The molecule has 1 aromatic carbocycles. The van der Waals surface area contributed by atoms with Crippen LogP contribution < -0.4 is 10.1 Å². The van der Waals surface area contributed by atoms with Crippen LogP contribution in [0.15, 0.2) is 24.3 Å². The van der Waals surface area contributed by atoms with Crippen LogP contribution in [0.2, 0.25) is 0 Å². The minimum atomic E-state index is 0.0119. The molecule has 1 saturated carbocycles. The first-order valence-electron chi connectivity index (χ1n) is 6.48. The Morgan fingerprint density at radius 3 is 2.89 bits per heavy atom. The van der Waals surface area contributed by atoms with Crippen molar-refractivity contribution in [3.63, 3.8) is 0 Å². The molecule has 2 aliphatic rings. The Kier molecular flexibility index (Phi) is 2.96. The maximum atomic E-state index is 12.0. The third kappa shape index (κ3) is 1.86. The third-order valence-corrected chi connectivity index (χ3v) is 3.89. The van der Waals surface area contributed by atoms with Crippen LogP contribution >= 0.6 is 0 Å². The van der Waals surface area contributed by atoms with Crippen molar-refractivity contribution in [1.82, 2.24) is 10.2 Å². The summed E-state index contributed by atoms with van der Waals surface area (Å²) in [5.41, 5.74) is 1.10. The van der Waals surface area contributed by atoms with Gasteiger partial charge in [0.05, 0.1) is 13.7 Å². The first-order valence-corrected chi connectivity index (χ1v) is 6.48. The SMILES string of the molecule is COc1cccc(C2NCC(=O)N2C2CCC2)c1. The standard InChI is InChI=1S/C14H18N2O2/c1-18-12-7-2-4-10(8-12)14-15-9-13(17)16(14)11-5-3-6-11/h2,4,7-8,11,14-15H,3,5-6,9H2,1H3. The third-order valence-electron chi connectivity index (χ3n) is 3.89. The summed E-state index contributed by atoms with van der Waals surface area (Å²) in [7, 11) is 1.66. The fourth-order valence-corrected chi connectivity index (χ4v) is 2.69. The van der Waals surface area contributed by atoms with Gasteiger partial charge >= 0.3 is 0 Å². The number of ether oxygens (including phenoxy) is 1. The largest absolute Gasteiger partial charge is 0.497 e. The maximum Gasteiger partial charge on any atom is 0.238 e. The average molecular weight is 246 g/mol. The van der Waals surface area contributed by atoms with Gasteiger partial charge in [-0.2, -0.15) is 0 Å². The lowest BCUT2D eigenvalue weighted by molar-refractivity contribution is -0.132. The Balaban J connectivity index is 1.87. The first-order chi connectivity index (χ1) is 8.79. The Morgan fingerprint density at radius 1 is 1.39 bits per heavy atom. The highest BCUT2D eigenvalue weighted by atomic mass is 16.5. The van der Waals surface area contributed by atoms with Crippen molar-refractivity contribution in [3.8, 4) is 5.75 Å². The second-order valence-corrected chi connectivity index (χ2v) is 4.95. The fourth-order valence-electron chi connectivity index (χ4n) is 2.69. The van der Waals surface area contributed by atoms with Crippen molar-refractivity contribution >= 4 is 5.91 Å². The lowest BCUT2D eigenvalue weighted by atomic mass is 9.91. The summed E-state index contributed by atoms with van der Waals surface area (Å²) in [6, 6.07) is 8.36. The molecule has 1 atom stereocenters. The van der Waals surface area contributed by atoms with Gasteiger partial charge in [0.1, 0.15) is 11.9 Å². The molecule has 1 saturated heterocycles. The molecule has 1 N–H and O–H groups in total. The first kappa shape index (κ1) is 11.5. The van der Waals surface area contributed by atoms with Crippen LogP contribution in [0.1, 0.15) is 31.0 Å². The van der Waals surface area contributed by atoms with E-state index in [9.17, 15) is 4.79 Å². The predicted octanol–water partition coefficient (Wildman–Crippen LogP) is 1.68. The van der Waals surface area contributed by atoms with Gasteiger partial charge in [0.25, 0.3) is 0 Å². The molecule has 1 amide bonds. The number of nitrogens with zero attached hydrogens (tertiary/aromatic N) is 1. The molecule has 1 aliphatic heterocycles. The zero-order valence-corrected chi connectivity index (χ0v) is 10.6. The Hall–Kier alpha value is -1.55. The molecule has 0 aromatic heterocycles. The number of hydrogen-bond acceptors (Lipinski definition) is 3. The van der Waals surface area contributed by atoms with Gasteiger partial charge in [-0.05, 0) is 37.0 Å². The molecule has 18 heavy (non-hydrogen) atoms. The summed E-state index contributed by atoms with van der Waals surface area (Å²) in [4.78, 5) is 14.0. The molecule has 2 fully saturated rings. The van der Waals surface area contributed by atoms with Crippen molar-refractivity contribution in [2.45, 2.75) is 31.5 Å². The molecule has 4 nitrogen and oxygen atoms in total. The predicted molar refractivity (Wildman–Crippen MR) is 68.2 cm³/mol. The van der Waals surface area contributed by atoms with E-state index in [0.717, 1.165) is 24.2 Å². The highest BCUT2D eigenvalue weighted by Gasteiger charge is 2.39. The van der Waals surface area contributed by atoms with Gasteiger partial charge < -0.3 is 9.64 Å². The second-order valence-electron chi connectivity index (χ2n) is 4.95. The number of carbonyl (C=O) groups excluding carboxylic acids is 1. The van der Waals surface area contributed by atoms with Crippen LogP contribution in [0.25, 0.3) is 0 Å². The molecule has 0 radical (unpaired) electrons. The molecule has 0 spiro atoms. The monoisotopic (exact) mass is 246 g/mol. The van der Waals surface area contributed by atoms with Crippen molar-refractivity contribution in [2.24, 2.45) is 0 Å². The molecule has 0 bridgehead atoms. The van der Waals surface area contributed by atoms with Crippen LogP contribution in [0.5, 0.6) is 5.75 Å². The summed E-state index contributed by atoms with van der Waals surface area (Å²) >= 11 is 0. The number of hydrogen-bond donors (Lipinski definition) is 1. The molecule has 1 aliphatic carbocycles. The maximum absolute atomic E-state index is 12.0. The lowest BCUT2D eigenvalue weighted by Crippen LogP contribution is -2.43. The summed E-state index contributed by atoms with van der Waals surface area (Å²) in [5.74, 6) is 1.05. The van der Waals surface area contributed by atoms with Crippen molar-refractivity contribution in [3.05, 3.63) is 29.8 Å². The van der Waals surface area contributed by atoms with Crippen LogP contribution in [0.3, 0.4) is 0 Å². The van der Waals surface area contributed by atoms with Gasteiger partial charge in [0, 0.05) is 6.04 Å². The highest BCUT2D eigenvalue weighted by Crippen LogP contribution is 2.34. The summed E-state index contributed by atoms with van der Waals surface area (Å²) in [5, 5.41) is 3.29. The van der Waals surface area contributed by atoms with E-state index in [0.29, 0.717) is 12.6 Å². The smallest absolute Gasteiger partial charge is 0.238 e. The molecule has 4 heteroatoms. The van der Waals surface area contributed by atoms with E-state index in [4.69, 9.17) is 4.74 Å². The van der Waals surface area contributed by atoms with Crippen molar-refractivity contribution in [1.29, 1.82) is 0 Å². The molecule has 1 unspecified atom stereocenters. The zero-order valence-electron chi connectivity index (χ0n) is 10.6. The number of nitrogens with one attached hydrogen (secondary N) is 1. The lowest BCUT2D eigenvalue weighted by Gasteiger charge is -2.38. The van der Waals surface area contributed by atoms with E-state index in [-0.39, 0.29) is 12.1 Å². The zero-order chi connectivity index (χ0) is 12.5. The van der Waals surface area contributed by atoms with E-state index in [1.165, 1.54) is 6.42 Å². The Morgan fingerprint density at radius 2 is 2.22 bits per heavy atom. The van der Waals surface area contributed by atoms with Crippen LogP contribution in [0.4, 0.5) is 0 Å². The minimum Gasteiger partial charge on any atom is -0.497 e. The molecule has 3 rings (SSSR count). The molecule has 96 valence electrons. The van der Waals surface area contributed by atoms with Crippen molar-refractivity contribution in [2.75, 3.05) is 13.7 Å². The molecule has 1 aromatic rings. The van der Waals surface area contributed by atoms with E-state index in [2.05, 4.69) is 5.32 Å². The number of rotatable bonds is 3. The number of benzene rings is 1. The van der Waals surface area contributed by atoms with Gasteiger partial charge in [-0.15, -0.1) is 0 Å². The normalized spacial score (nSPS) is 24.2. The van der Waals surface area contributed by atoms with Crippen LogP contribution in [0, 0.1) is 0 Å². The summed E-state index contributed by atoms with van der Waals surface area (Å²) < 4.78 is 5.25. The van der Waals surface area contributed by atoms with E-state index in [1.807, 2.05) is 29.2 Å². The van der Waals surface area contributed by atoms with Gasteiger partial charge in [-0.3, -0.25) is 10.1 Å². The summed E-state index contributed by atoms with van der Waals surface area (Å²) in [6.07, 6.45) is 3.51. The van der Waals surface area contributed by atoms with Crippen LogP contribution in [-0.2, 0) is 4.79 Å². The molecular weight excluding hydrogens is 228 g/mol. The number of amides is 1. The quantitative estimate of drug-likeness (QED) is 0.882. The molecular formula is C14H18N2O2. The van der Waals surface area contributed by atoms with Crippen molar-refractivity contribution < 1.29 is 9.53 Å². The van der Waals surface area contributed by atoms with Gasteiger partial charge in [0.15, 0.2) is 0 Å². The average Bonchev–Trinajstić information content (AvgIpc) is 2.70. The van der Waals surface area contributed by atoms with E-state index < -0.39 is 0 Å². The van der Waals surface area contributed by atoms with Gasteiger partial charge in [-0.25, -0.2) is 0 Å². The summed E-state index contributed by atoms with van der Waals surface area (Å²) in [6.45, 7) is 0.443. The highest BCUT2D eigenvalue weighted by molar-refractivity contribution is 5.81. The fraction of sp³-hybridized carbons (Fsp3) is 0.500. The number of methoxy groups -OCH3 is 1. The molecule has 1 heterocycles. The van der Waals surface area contributed by atoms with E-state index in [1.54, 1.807) is 7.11 Å². The van der Waals surface area contributed by atoms with Crippen LogP contribution in [-0.4, -0.2) is 30.5 Å². The van der Waals surface area contributed by atoms with Gasteiger partial charge in [0.2, 0.25) is 5.91 Å². The number of carbonyl (C=O) groups is 1. The second kappa shape index (κ2) is 4.61. The minimum absolute atomic E-state index is 0.0119.